The summed E-state index contributed by atoms with van der Waals surface area (Å²) in [5, 5.41) is 3.00. The summed E-state index contributed by atoms with van der Waals surface area (Å²) in [4.78, 5) is 14.3. The Morgan fingerprint density at radius 3 is 3.10 bits per heavy atom. The zero-order chi connectivity index (χ0) is 14.1. The first kappa shape index (κ1) is 14.0. The van der Waals surface area contributed by atoms with Crippen LogP contribution in [0.1, 0.15) is 24.4 Å². The molecule has 0 bridgehead atoms. The molecule has 3 N–H and O–H groups in total. The third-order valence-corrected chi connectivity index (χ3v) is 4.99. The Balaban J connectivity index is 1.87. The Bertz CT molecular complexity index is 508. The molecule has 2 saturated heterocycles. The van der Waals surface area contributed by atoms with Gasteiger partial charge in [-0.2, -0.15) is 0 Å². The van der Waals surface area contributed by atoms with Crippen molar-refractivity contribution in [3.8, 4) is 0 Å². The smallest absolute Gasteiger partial charge is 0.224 e. The summed E-state index contributed by atoms with van der Waals surface area (Å²) in [7, 11) is 0. The molecule has 2 fully saturated rings. The highest BCUT2D eigenvalue weighted by Gasteiger charge is 2.42. The van der Waals surface area contributed by atoms with Gasteiger partial charge in [-0.05, 0) is 37.1 Å². The maximum atomic E-state index is 11.9. The highest BCUT2D eigenvalue weighted by atomic mass is 79.9. The minimum Gasteiger partial charge on any atom is -0.354 e. The summed E-state index contributed by atoms with van der Waals surface area (Å²) in [5.74, 6) is 0.356. The van der Waals surface area contributed by atoms with Crippen LogP contribution in [-0.4, -0.2) is 36.5 Å². The summed E-state index contributed by atoms with van der Waals surface area (Å²) in [6.45, 7) is 2.35. The van der Waals surface area contributed by atoms with Crippen molar-refractivity contribution in [3.05, 3.63) is 34.3 Å². The van der Waals surface area contributed by atoms with Gasteiger partial charge in [0, 0.05) is 29.6 Å². The number of fused-ring (bicyclic) bond motifs is 1. The van der Waals surface area contributed by atoms with Crippen molar-refractivity contribution in [3.63, 3.8) is 0 Å². The molecule has 3 rings (SSSR count). The average Bonchev–Trinajstić information content (AvgIpc) is 2.83. The molecule has 0 aliphatic carbocycles. The molecule has 0 saturated carbocycles. The van der Waals surface area contributed by atoms with Crippen LogP contribution in [0.2, 0.25) is 0 Å². The number of amides is 1. The van der Waals surface area contributed by atoms with Crippen LogP contribution in [0.3, 0.4) is 0 Å². The lowest BCUT2D eigenvalue weighted by molar-refractivity contribution is -0.124. The molecule has 0 aromatic heterocycles. The molecule has 108 valence electrons. The van der Waals surface area contributed by atoms with Gasteiger partial charge in [0.1, 0.15) is 0 Å². The van der Waals surface area contributed by atoms with Gasteiger partial charge in [-0.25, -0.2) is 0 Å². The molecule has 2 aliphatic rings. The van der Waals surface area contributed by atoms with E-state index in [2.05, 4.69) is 38.3 Å². The molecule has 0 radical (unpaired) electrons. The second kappa shape index (κ2) is 5.84. The fourth-order valence-electron chi connectivity index (χ4n) is 3.55. The topological polar surface area (TPSA) is 58.4 Å². The van der Waals surface area contributed by atoms with Gasteiger partial charge < -0.3 is 11.1 Å². The average molecular weight is 338 g/mol. The van der Waals surface area contributed by atoms with Gasteiger partial charge in [-0.1, -0.05) is 28.1 Å². The number of likely N-dealkylation sites (tertiary alicyclic amines) is 1. The van der Waals surface area contributed by atoms with E-state index < -0.39 is 0 Å². The Morgan fingerprint density at radius 1 is 1.50 bits per heavy atom. The van der Waals surface area contributed by atoms with Crippen LogP contribution >= 0.6 is 15.9 Å². The van der Waals surface area contributed by atoms with E-state index in [0.717, 1.165) is 30.4 Å². The summed E-state index contributed by atoms with van der Waals surface area (Å²) < 4.78 is 1.07. The standard InChI is InChI=1S/C15H20BrN3O/c16-11-4-1-3-10(7-11)13(8-17)19-6-2-5-12-14(19)9-18-15(12)20/h1,3-4,7,12-14H,2,5-6,8-9,17H2,(H,18,20). The minimum atomic E-state index is 0.143. The van der Waals surface area contributed by atoms with Crippen molar-refractivity contribution in [1.82, 2.24) is 10.2 Å². The number of hydrogen-bond donors (Lipinski definition) is 2. The number of benzene rings is 1. The largest absolute Gasteiger partial charge is 0.354 e. The van der Waals surface area contributed by atoms with Crippen molar-refractivity contribution in [2.45, 2.75) is 24.9 Å². The van der Waals surface area contributed by atoms with Crippen LogP contribution in [0, 0.1) is 5.92 Å². The first-order valence-electron chi connectivity index (χ1n) is 7.19. The van der Waals surface area contributed by atoms with E-state index in [4.69, 9.17) is 5.73 Å². The second-order valence-electron chi connectivity index (χ2n) is 5.61. The Hall–Kier alpha value is -0.910. The molecule has 5 heteroatoms. The molecule has 2 aliphatic heterocycles. The number of nitrogens with two attached hydrogens (primary N) is 1. The summed E-state index contributed by atoms with van der Waals surface area (Å²) >= 11 is 3.52. The number of halogens is 1. The van der Waals surface area contributed by atoms with E-state index >= 15 is 0 Å². The van der Waals surface area contributed by atoms with Gasteiger partial charge in [-0.3, -0.25) is 9.69 Å². The molecule has 1 amide bonds. The lowest BCUT2D eigenvalue weighted by atomic mass is 9.89. The first-order chi connectivity index (χ1) is 9.70. The maximum Gasteiger partial charge on any atom is 0.224 e. The van der Waals surface area contributed by atoms with Crippen LogP contribution in [-0.2, 0) is 4.79 Å². The van der Waals surface area contributed by atoms with Crippen LogP contribution in [0.5, 0.6) is 0 Å². The predicted octanol–water partition coefficient (Wildman–Crippen LogP) is 1.66. The molecule has 4 nitrogen and oxygen atoms in total. The van der Waals surface area contributed by atoms with E-state index in [9.17, 15) is 4.79 Å². The van der Waals surface area contributed by atoms with E-state index in [1.807, 2.05) is 12.1 Å². The van der Waals surface area contributed by atoms with Gasteiger partial charge >= 0.3 is 0 Å². The normalized spacial score (nSPS) is 28.0. The molecule has 0 spiro atoms. The lowest BCUT2D eigenvalue weighted by Crippen LogP contribution is -2.49. The molecule has 1 aromatic rings. The van der Waals surface area contributed by atoms with Crippen molar-refractivity contribution < 1.29 is 4.79 Å². The monoisotopic (exact) mass is 337 g/mol. The lowest BCUT2D eigenvalue weighted by Gasteiger charge is -2.41. The Kier molecular flexibility index (Phi) is 4.10. The van der Waals surface area contributed by atoms with Crippen LogP contribution in [0.4, 0.5) is 0 Å². The molecular formula is C15H20BrN3O. The minimum absolute atomic E-state index is 0.143. The van der Waals surface area contributed by atoms with Gasteiger partial charge in [0.25, 0.3) is 0 Å². The van der Waals surface area contributed by atoms with Gasteiger partial charge in [0.05, 0.1) is 5.92 Å². The molecule has 1 aromatic carbocycles. The number of carbonyl (C=O) groups excluding carboxylic acids is 1. The third kappa shape index (κ3) is 2.50. The van der Waals surface area contributed by atoms with E-state index in [-0.39, 0.29) is 17.9 Å². The number of nitrogens with one attached hydrogen (secondary N) is 1. The molecule has 2 heterocycles. The zero-order valence-electron chi connectivity index (χ0n) is 11.4. The van der Waals surface area contributed by atoms with E-state index in [1.165, 1.54) is 5.56 Å². The SMILES string of the molecule is NCC(c1cccc(Br)c1)N1CCCC2C(=O)NCC21. The van der Waals surface area contributed by atoms with Gasteiger partial charge in [-0.15, -0.1) is 0 Å². The number of nitrogens with zero attached hydrogens (tertiary/aromatic N) is 1. The molecular weight excluding hydrogens is 318 g/mol. The van der Waals surface area contributed by atoms with Crippen molar-refractivity contribution >= 4 is 21.8 Å². The van der Waals surface area contributed by atoms with Crippen molar-refractivity contribution in [2.24, 2.45) is 11.7 Å². The van der Waals surface area contributed by atoms with Gasteiger partial charge in [0.2, 0.25) is 5.91 Å². The summed E-state index contributed by atoms with van der Waals surface area (Å²) in [6.07, 6.45) is 2.07. The maximum absolute atomic E-state index is 11.9. The first-order valence-corrected chi connectivity index (χ1v) is 7.99. The molecule has 3 unspecified atom stereocenters. The van der Waals surface area contributed by atoms with Gasteiger partial charge in [0.15, 0.2) is 0 Å². The molecule has 20 heavy (non-hydrogen) atoms. The van der Waals surface area contributed by atoms with Crippen LogP contribution in [0.25, 0.3) is 0 Å². The summed E-state index contributed by atoms with van der Waals surface area (Å²) in [5.41, 5.74) is 7.26. The third-order valence-electron chi connectivity index (χ3n) is 4.50. The highest BCUT2D eigenvalue weighted by molar-refractivity contribution is 9.10. The van der Waals surface area contributed by atoms with Crippen LogP contribution in [0.15, 0.2) is 28.7 Å². The fraction of sp³-hybridized carbons (Fsp3) is 0.533. The number of rotatable bonds is 3. The predicted molar refractivity (Wildman–Crippen MR) is 82.2 cm³/mol. The second-order valence-corrected chi connectivity index (χ2v) is 6.52. The zero-order valence-corrected chi connectivity index (χ0v) is 13.0. The van der Waals surface area contributed by atoms with E-state index in [1.54, 1.807) is 0 Å². The number of carbonyl (C=O) groups is 1. The number of hydrogen-bond acceptors (Lipinski definition) is 3. The fourth-order valence-corrected chi connectivity index (χ4v) is 3.97. The van der Waals surface area contributed by atoms with Crippen LogP contribution < -0.4 is 11.1 Å². The van der Waals surface area contributed by atoms with E-state index in [0.29, 0.717) is 12.6 Å². The van der Waals surface area contributed by atoms with Crippen molar-refractivity contribution in [1.29, 1.82) is 0 Å². The van der Waals surface area contributed by atoms with Crippen molar-refractivity contribution in [2.75, 3.05) is 19.6 Å². The Morgan fingerprint density at radius 2 is 2.35 bits per heavy atom. The molecule has 3 atom stereocenters. The summed E-state index contributed by atoms with van der Waals surface area (Å²) in [6, 6.07) is 8.80. The Labute approximate surface area is 127 Å². The number of piperidine rings is 1. The quantitative estimate of drug-likeness (QED) is 0.881. The highest BCUT2D eigenvalue weighted by Crippen LogP contribution is 2.34.